The van der Waals surface area contributed by atoms with Gasteiger partial charge in [0.15, 0.2) is 0 Å². The first-order valence-corrected chi connectivity index (χ1v) is 8.29. The number of nitrogens with one attached hydrogen (secondary N) is 2. The number of rotatable bonds is 8. The van der Waals surface area contributed by atoms with Gasteiger partial charge in [-0.15, -0.1) is 0 Å². The molecule has 0 radical (unpaired) electrons. The van der Waals surface area contributed by atoms with Crippen LogP contribution in [0.4, 0.5) is 11.6 Å². The number of anilines is 2. The van der Waals surface area contributed by atoms with Crippen molar-refractivity contribution in [3.8, 4) is 0 Å². The fraction of sp³-hybridized carbons (Fsp3) is 0.765. The molecule has 1 aromatic heterocycles. The normalized spacial score (nSPS) is 12.8. The third-order valence-corrected chi connectivity index (χ3v) is 3.79. The molecule has 1 unspecified atom stereocenters. The van der Waals surface area contributed by atoms with Gasteiger partial charge in [-0.2, -0.15) is 0 Å². The molecule has 0 fully saturated rings. The smallest absolute Gasteiger partial charge is 0.135 e. The lowest BCUT2D eigenvalue weighted by atomic mass is 10.0. The van der Waals surface area contributed by atoms with E-state index < -0.39 is 0 Å². The van der Waals surface area contributed by atoms with Crippen LogP contribution in [0.2, 0.25) is 0 Å². The summed E-state index contributed by atoms with van der Waals surface area (Å²) in [5.41, 5.74) is 1.12. The molecule has 2 N–H and O–H groups in total. The van der Waals surface area contributed by atoms with Crippen LogP contribution in [0.25, 0.3) is 0 Å². The SMILES string of the molecule is CCCNc1nc(C(C)C)nc(NC(CC)C(C)C)c1C. The molecule has 120 valence electrons. The van der Waals surface area contributed by atoms with Crippen LogP contribution in [0.15, 0.2) is 0 Å². The molecule has 4 nitrogen and oxygen atoms in total. The fourth-order valence-electron chi connectivity index (χ4n) is 2.26. The largest absolute Gasteiger partial charge is 0.370 e. The highest BCUT2D eigenvalue weighted by molar-refractivity contribution is 5.57. The molecule has 0 saturated carbocycles. The molecule has 1 rings (SSSR count). The van der Waals surface area contributed by atoms with Gasteiger partial charge in [-0.1, -0.05) is 41.5 Å². The Morgan fingerprint density at radius 1 is 1.00 bits per heavy atom. The van der Waals surface area contributed by atoms with E-state index in [9.17, 15) is 0 Å². The minimum Gasteiger partial charge on any atom is -0.370 e. The van der Waals surface area contributed by atoms with Crippen LogP contribution in [-0.4, -0.2) is 22.6 Å². The molecule has 0 aliphatic heterocycles. The first-order valence-electron chi connectivity index (χ1n) is 8.29. The molecule has 0 aliphatic rings. The monoisotopic (exact) mass is 292 g/mol. The summed E-state index contributed by atoms with van der Waals surface area (Å²) in [5, 5.41) is 7.05. The quantitative estimate of drug-likeness (QED) is 0.736. The Bertz CT molecular complexity index is 441. The maximum absolute atomic E-state index is 4.75. The highest BCUT2D eigenvalue weighted by Crippen LogP contribution is 2.25. The Labute approximate surface area is 130 Å². The highest BCUT2D eigenvalue weighted by atomic mass is 15.1. The van der Waals surface area contributed by atoms with Gasteiger partial charge in [0.1, 0.15) is 17.5 Å². The predicted octanol–water partition coefficient (Wildman–Crippen LogP) is 4.58. The van der Waals surface area contributed by atoms with E-state index >= 15 is 0 Å². The maximum atomic E-state index is 4.75. The van der Waals surface area contributed by atoms with Gasteiger partial charge in [-0.05, 0) is 25.7 Å². The molecule has 0 spiro atoms. The zero-order chi connectivity index (χ0) is 16.0. The average molecular weight is 292 g/mol. The van der Waals surface area contributed by atoms with Crippen molar-refractivity contribution in [3.05, 3.63) is 11.4 Å². The third-order valence-electron chi connectivity index (χ3n) is 3.79. The van der Waals surface area contributed by atoms with E-state index in [2.05, 4.69) is 64.1 Å². The molecule has 1 aromatic rings. The highest BCUT2D eigenvalue weighted by Gasteiger charge is 2.17. The number of nitrogens with zero attached hydrogens (tertiary/aromatic N) is 2. The van der Waals surface area contributed by atoms with Crippen molar-refractivity contribution < 1.29 is 0 Å². The zero-order valence-electron chi connectivity index (χ0n) is 14.7. The summed E-state index contributed by atoms with van der Waals surface area (Å²) in [7, 11) is 0. The summed E-state index contributed by atoms with van der Waals surface area (Å²) < 4.78 is 0. The Hall–Kier alpha value is -1.32. The first-order chi connectivity index (χ1) is 9.90. The molecule has 0 saturated heterocycles. The van der Waals surface area contributed by atoms with Crippen molar-refractivity contribution in [3.63, 3.8) is 0 Å². The Balaban J connectivity index is 3.13. The van der Waals surface area contributed by atoms with Crippen molar-refractivity contribution >= 4 is 11.6 Å². The molecule has 0 amide bonds. The van der Waals surface area contributed by atoms with Gasteiger partial charge in [0, 0.05) is 24.1 Å². The number of hydrogen-bond donors (Lipinski definition) is 2. The Kier molecular flexibility index (Phi) is 6.93. The second-order valence-corrected chi connectivity index (χ2v) is 6.39. The van der Waals surface area contributed by atoms with Crippen LogP contribution < -0.4 is 10.6 Å². The molecule has 21 heavy (non-hydrogen) atoms. The van der Waals surface area contributed by atoms with Gasteiger partial charge in [0.25, 0.3) is 0 Å². The summed E-state index contributed by atoms with van der Waals surface area (Å²) in [6, 6.07) is 0.442. The van der Waals surface area contributed by atoms with Crippen LogP contribution in [-0.2, 0) is 0 Å². The van der Waals surface area contributed by atoms with Crippen molar-refractivity contribution in [2.45, 2.75) is 73.3 Å². The molecular formula is C17H32N4. The van der Waals surface area contributed by atoms with Crippen molar-refractivity contribution in [2.24, 2.45) is 5.92 Å². The van der Waals surface area contributed by atoms with E-state index in [4.69, 9.17) is 4.98 Å². The van der Waals surface area contributed by atoms with Crippen molar-refractivity contribution in [1.82, 2.24) is 9.97 Å². The van der Waals surface area contributed by atoms with Crippen LogP contribution in [0.3, 0.4) is 0 Å². The van der Waals surface area contributed by atoms with Crippen LogP contribution in [0, 0.1) is 12.8 Å². The molecule has 0 aliphatic carbocycles. The lowest BCUT2D eigenvalue weighted by Gasteiger charge is -2.24. The van der Waals surface area contributed by atoms with Gasteiger partial charge in [-0.25, -0.2) is 9.97 Å². The summed E-state index contributed by atoms with van der Waals surface area (Å²) in [6.45, 7) is 16.2. The minimum atomic E-state index is 0.326. The van der Waals surface area contributed by atoms with Gasteiger partial charge in [-0.3, -0.25) is 0 Å². The van der Waals surface area contributed by atoms with Crippen LogP contribution >= 0.6 is 0 Å². The van der Waals surface area contributed by atoms with E-state index in [0.717, 1.165) is 42.4 Å². The van der Waals surface area contributed by atoms with Crippen molar-refractivity contribution in [1.29, 1.82) is 0 Å². The fourth-order valence-corrected chi connectivity index (χ4v) is 2.26. The second kappa shape index (κ2) is 8.20. The second-order valence-electron chi connectivity index (χ2n) is 6.39. The topological polar surface area (TPSA) is 49.8 Å². The standard InChI is InChI=1S/C17H32N4/c1-8-10-18-16-13(7)17(19-14(9-2)11(3)4)21-15(20-16)12(5)6/h11-12,14H,8-10H2,1-7H3,(H2,18,19,20,21). The van der Waals surface area contributed by atoms with Crippen LogP contribution in [0.1, 0.15) is 71.7 Å². The lowest BCUT2D eigenvalue weighted by molar-refractivity contribution is 0.509. The van der Waals surface area contributed by atoms with Gasteiger partial charge < -0.3 is 10.6 Å². The van der Waals surface area contributed by atoms with Gasteiger partial charge >= 0.3 is 0 Å². The summed E-state index contributed by atoms with van der Waals surface area (Å²) in [5.74, 6) is 3.76. The van der Waals surface area contributed by atoms with Gasteiger partial charge in [0.05, 0.1) is 0 Å². The lowest BCUT2D eigenvalue weighted by Crippen LogP contribution is -2.26. The van der Waals surface area contributed by atoms with Crippen molar-refractivity contribution in [2.75, 3.05) is 17.2 Å². The number of hydrogen-bond acceptors (Lipinski definition) is 4. The summed E-state index contributed by atoms with van der Waals surface area (Å²) in [4.78, 5) is 9.43. The Morgan fingerprint density at radius 2 is 1.62 bits per heavy atom. The van der Waals surface area contributed by atoms with Gasteiger partial charge in [0.2, 0.25) is 0 Å². The molecule has 0 aromatic carbocycles. The number of aromatic nitrogens is 2. The summed E-state index contributed by atoms with van der Waals surface area (Å²) in [6.07, 6.45) is 2.18. The molecule has 1 heterocycles. The van der Waals surface area contributed by atoms with E-state index in [1.165, 1.54) is 0 Å². The molecular weight excluding hydrogens is 260 g/mol. The van der Waals surface area contributed by atoms with E-state index in [0.29, 0.717) is 17.9 Å². The van der Waals surface area contributed by atoms with Crippen LogP contribution in [0.5, 0.6) is 0 Å². The minimum absolute atomic E-state index is 0.326. The first kappa shape index (κ1) is 17.7. The van der Waals surface area contributed by atoms with E-state index in [1.807, 2.05) is 0 Å². The third kappa shape index (κ3) is 4.87. The average Bonchev–Trinajstić information content (AvgIpc) is 2.44. The predicted molar refractivity (Wildman–Crippen MR) is 92.2 cm³/mol. The molecule has 1 atom stereocenters. The summed E-state index contributed by atoms with van der Waals surface area (Å²) >= 11 is 0. The molecule has 4 heteroatoms. The maximum Gasteiger partial charge on any atom is 0.135 e. The van der Waals surface area contributed by atoms with E-state index in [-0.39, 0.29) is 0 Å². The molecule has 0 bridgehead atoms. The van der Waals surface area contributed by atoms with E-state index in [1.54, 1.807) is 0 Å². The Morgan fingerprint density at radius 3 is 2.10 bits per heavy atom. The zero-order valence-corrected chi connectivity index (χ0v) is 14.7.